The Balaban J connectivity index is 2.50. The maximum absolute atomic E-state index is 11.2. The van der Waals surface area contributed by atoms with Gasteiger partial charge in [0.2, 0.25) is 11.6 Å². The standard InChI is InChI=1S/C14H18N4O3/c1-9-6-5-7-12(18(19)20)13(9)21-14-11(8-15-3)10(2)16-17(14)4/h5-7,15H,8H2,1-4H3. The molecule has 1 aromatic carbocycles. The summed E-state index contributed by atoms with van der Waals surface area (Å²) in [6.07, 6.45) is 0. The lowest BCUT2D eigenvalue weighted by atomic mass is 10.2. The molecule has 21 heavy (non-hydrogen) atoms. The van der Waals surface area contributed by atoms with Gasteiger partial charge in [-0.3, -0.25) is 10.1 Å². The van der Waals surface area contributed by atoms with Crippen molar-refractivity contribution in [3.05, 3.63) is 45.1 Å². The molecule has 0 aliphatic heterocycles. The van der Waals surface area contributed by atoms with Crippen molar-refractivity contribution in [1.29, 1.82) is 0 Å². The number of nitrogens with zero attached hydrogens (tertiary/aromatic N) is 3. The van der Waals surface area contributed by atoms with Crippen LogP contribution in [0.4, 0.5) is 5.69 Å². The molecule has 2 rings (SSSR count). The van der Waals surface area contributed by atoms with Crippen LogP contribution in [0.25, 0.3) is 0 Å². The van der Waals surface area contributed by atoms with Gasteiger partial charge in [-0.2, -0.15) is 5.10 Å². The lowest BCUT2D eigenvalue weighted by Crippen LogP contribution is -2.07. The molecule has 0 atom stereocenters. The van der Waals surface area contributed by atoms with Gasteiger partial charge >= 0.3 is 5.69 Å². The molecule has 0 bridgehead atoms. The summed E-state index contributed by atoms with van der Waals surface area (Å²) < 4.78 is 7.45. The maximum Gasteiger partial charge on any atom is 0.311 e. The number of hydrogen-bond donors (Lipinski definition) is 1. The molecule has 0 fully saturated rings. The maximum atomic E-state index is 11.2. The quantitative estimate of drug-likeness (QED) is 0.675. The molecule has 0 unspecified atom stereocenters. The Labute approximate surface area is 122 Å². The highest BCUT2D eigenvalue weighted by Crippen LogP contribution is 2.36. The van der Waals surface area contributed by atoms with E-state index in [0.29, 0.717) is 18.0 Å². The van der Waals surface area contributed by atoms with Gasteiger partial charge in [0.05, 0.1) is 16.2 Å². The molecule has 0 spiro atoms. The van der Waals surface area contributed by atoms with Crippen molar-refractivity contribution in [3.63, 3.8) is 0 Å². The van der Waals surface area contributed by atoms with Crippen LogP contribution in [0, 0.1) is 24.0 Å². The Bertz CT molecular complexity index is 679. The number of aryl methyl sites for hydroxylation is 3. The van der Waals surface area contributed by atoms with Crippen molar-refractivity contribution in [2.45, 2.75) is 20.4 Å². The van der Waals surface area contributed by atoms with Gasteiger partial charge in [0.1, 0.15) is 0 Å². The highest BCUT2D eigenvalue weighted by molar-refractivity contribution is 5.53. The summed E-state index contributed by atoms with van der Waals surface area (Å²) >= 11 is 0. The van der Waals surface area contributed by atoms with E-state index < -0.39 is 4.92 Å². The van der Waals surface area contributed by atoms with Crippen LogP contribution >= 0.6 is 0 Å². The predicted octanol–water partition coefficient (Wildman–Crippen LogP) is 2.46. The number of hydrogen-bond acceptors (Lipinski definition) is 5. The largest absolute Gasteiger partial charge is 0.431 e. The molecule has 112 valence electrons. The fourth-order valence-electron chi connectivity index (χ4n) is 2.20. The lowest BCUT2D eigenvalue weighted by Gasteiger charge is -2.11. The predicted molar refractivity (Wildman–Crippen MR) is 78.6 cm³/mol. The molecular weight excluding hydrogens is 272 g/mol. The van der Waals surface area contributed by atoms with Crippen LogP contribution in [0.2, 0.25) is 0 Å². The van der Waals surface area contributed by atoms with Crippen LogP contribution < -0.4 is 10.1 Å². The number of nitro groups is 1. The number of nitro benzene ring substituents is 1. The second kappa shape index (κ2) is 5.92. The van der Waals surface area contributed by atoms with Gasteiger partial charge in [-0.05, 0) is 26.5 Å². The van der Waals surface area contributed by atoms with E-state index in [1.807, 2.05) is 14.0 Å². The number of nitrogens with one attached hydrogen (secondary N) is 1. The first-order valence-corrected chi connectivity index (χ1v) is 6.54. The first-order chi connectivity index (χ1) is 9.95. The monoisotopic (exact) mass is 290 g/mol. The zero-order valence-electron chi connectivity index (χ0n) is 12.5. The van der Waals surface area contributed by atoms with Crippen molar-refractivity contribution >= 4 is 5.69 Å². The third-order valence-electron chi connectivity index (χ3n) is 3.23. The minimum absolute atomic E-state index is 0.0516. The summed E-state index contributed by atoms with van der Waals surface area (Å²) in [5, 5.41) is 18.5. The highest BCUT2D eigenvalue weighted by atomic mass is 16.6. The smallest absolute Gasteiger partial charge is 0.311 e. The number of benzene rings is 1. The van der Waals surface area contributed by atoms with Gasteiger partial charge in [0, 0.05) is 19.7 Å². The van der Waals surface area contributed by atoms with E-state index >= 15 is 0 Å². The van der Waals surface area contributed by atoms with Crippen LogP contribution in [0.15, 0.2) is 18.2 Å². The summed E-state index contributed by atoms with van der Waals surface area (Å²) in [7, 11) is 3.58. The Hall–Kier alpha value is -2.41. The Morgan fingerprint density at radius 2 is 2.14 bits per heavy atom. The molecule has 0 saturated carbocycles. The van der Waals surface area contributed by atoms with Crippen molar-refractivity contribution in [2.75, 3.05) is 7.05 Å². The van der Waals surface area contributed by atoms with Gasteiger partial charge in [-0.1, -0.05) is 12.1 Å². The Morgan fingerprint density at radius 3 is 2.76 bits per heavy atom. The second-order valence-corrected chi connectivity index (χ2v) is 4.81. The van der Waals surface area contributed by atoms with Crippen LogP contribution in [0.3, 0.4) is 0 Å². The number of aromatic nitrogens is 2. The van der Waals surface area contributed by atoms with Gasteiger partial charge in [-0.25, -0.2) is 4.68 Å². The van der Waals surface area contributed by atoms with Crippen LogP contribution in [-0.4, -0.2) is 21.8 Å². The Kier molecular flexibility index (Phi) is 4.23. The molecule has 0 saturated heterocycles. The molecule has 7 heteroatoms. The van der Waals surface area contributed by atoms with Crippen LogP contribution in [0.1, 0.15) is 16.8 Å². The zero-order valence-corrected chi connectivity index (χ0v) is 12.5. The molecule has 0 radical (unpaired) electrons. The first-order valence-electron chi connectivity index (χ1n) is 6.54. The van der Waals surface area contributed by atoms with Gasteiger partial charge < -0.3 is 10.1 Å². The topological polar surface area (TPSA) is 82.2 Å². The fourth-order valence-corrected chi connectivity index (χ4v) is 2.20. The summed E-state index contributed by atoms with van der Waals surface area (Å²) in [5.74, 6) is 0.766. The molecular formula is C14H18N4O3. The normalized spacial score (nSPS) is 10.7. The van der Waals surface area contributed by atoms with E-state index in [1.54, 1.807) is 30.8 Å². The molecule has 7 nitrogen and oxygen atoms in total. The number of para-hydroxylation sites is 1. The molecule has 2 aromatic rings. The molecule has 1 N–H and O–H groups in total. The SMILES string of the molecule is CNCc1c(C)nn(C)c1Oc1c(C)cccc1[N+](=O)[O-]. The van der Waals surface area contributed by atoms with Crippen molar-refractivity contribution in [1.82, 2.24) is 15.1 Å². The average Bonchev–Trinajstić information content (AvgIpc) is 2.68. The number of rotatable bonds is 5. The molecule has 0 aliphatic rings. The highest BCUT2D eigenvalue weighted by Gasteiger charge is 2.22. The van der Waals surface area contributed by atoms with E-state index in [2.05, 4.69) is 10.4 Å². The minimum atomic E-state index is -0.441. The molecule has 1 heterocycles. The number of ether oxygens (including phenoxy) is 1. The van der Waals surface area contributed by atoms with Crippen LogP contribution in [0.5, 0.6) is 11.6 Å². The third kappa shape index (κ3) is 2.87. The summed E-state index contributed by atoms with van der Waals surface area (Å²) in [5.41, 5.74) is 2.37. The van der Waals surface area contributed by atoms with E-state index in [4.69, 9.17) is 4.74 Å². The van der Waals surface area contributed by atoms with Gasteiger partial charge in [0.25, 0.3) is 0 Å². The summed E-state index contributed by atoms with van der Waals surface area (Å²) in [6, 6.07) is 4.86. The van der Waals surface area contributed by atoms with Crippen molar-refractivity contribution in [3.8, 4) is 11.6 Å². The lowest BCUT2D eigenvalue weighted by molar-refractivity contribution is -0.385. The van der Waals surface area contributed by atoms with E-state index in [1.165, 1.54) is 6.07 Å². The van der Waals surface area contributed by atoms with Crippen molar-refractivity contribution < 1.29 is 9.66 Å². The molecule has 0 amide bonds. The van der Waals surface area contributed by atoms with Crippen molar-refractivity contribution in [2.24, 2.45) is 7.05 Å². The van der Waals surface area contributed by atoms with Gasteiger partial charge in [0.15, 0.2) is 0 Å². The first kappa shape index (κ1) is 15.0. The molecule has 1 aromatic heterocycles. The summed E-state index contributed by atoms with van der Waals surface area (Å²) in [6.45, 7) is 4.24. The average molecular weight is 290 g/mol. The third-order valence-corrected chi connectivity index (χ3v) is 3.23. The van der Waals surface area contributed by atoms with Gasteiger partial charge in [-0.15, -0.1) is 0 Å². The second-order valence-electron chi connectivity index (χ2n) is 4.81. The molecule has 0 aliphatic carbocycles. The van der Waals surface area contributed by atoms with Crippen LogP contribution in [-0.2, 0) is 13.6 Å². The van der Waals surface area contributed by atoms with E-state index in [-0.39, 0.29) is 11.4 Å². The Morgan fingerprint density at radius 1 is 1.43 bits per heavy atom. The van der Waals surface area contributed by atoms with E-state index in [9.17, 15) is 10.1 Å². The fraction of sp³-hybridized carbons (Fsp3) is 0.357. The summed E-state index contributed by atoms with van der Waals surface area (Å²) in [4.78, 5) is 10.7. The zero-order chi connectivity index (χ0) is 15.6. The van der Waals surface area contributed by atoms with E-state index in [0.717, 1.165) is 11.3 Å². The minimum Gasteiger partial charge on any atom is -0.431 e.